The van der Waals surface area contributed by atoms with E-state index in [2.05, 4.69) is 34.4 Å². The summed E-state index contributed by atoms with van der Waals surface area (Å²) in [6.45, 7) is 20.9. The number of nitrogens with one attached hydrogen (secondary N) is 4. The van der Waals surface area contributed by atoms with Crippen LogP contribution in [0.25, 0.3) is 0 Å². The van der Waals surface area contributed by atoms with E-state index in [1.54, 1.807) is 13.8 Å². The smallest absolute Gasteiger partial charge is 0.307 e. The number of carbonyl (C=O) groups excluding carboxylic acids is 4. The molecular formula is C38H66N4O12. The SMILES string of the molecule is C=C(C)C(=O)NCCOCCOCCC(CC)(CC)NC(=O)CC(C(=O)O)C(CC(=O)NCCOCCOCCC(CC)(CC)NC(=O)C(=C)C)C(=O)O. The molecule has 0 aromatic carbocycles. The second-order valence-electron chi connectivity index (χ2n) is 13.4. The predicted octanol–water partition coefficient (Wildman–Crippen LogP) is 2.75. The lowest BCUT2D eigenvalue weighted by Gasteiger charge is -2.33. The standard InChI is InChI=1S/C38H66N4O12/c1-9-37(10-2,13-17-51-22-24-54-20-16-40-33(45)27(5)6)41-32(44)26-30(36(49)50)29(35(47)48)25-31(43)39-15-19-53-23-21-52-18-14-38(11-3,12-4)42-34(46)28(7)8/h29-30H,5,7,9-26H2,1-4,6,8H3,(H,39,43)(H,40,45)(H,41,44)(H,42,46)(H,47,48)(H,49,50). The first kappa shape index (κ1) is 50.1. The maximum atomic E-state index is 13.1. The summed E-state index contributed by atoms with van der Waals surface area (Å²) in [7, 11) is 0. The molecule has 0 saturated heterocycles. The van der Waals surface area contributed by atoms with Crippen molar-refractivity contribution in [3.63, 3.8) is 0 Å². The largest absolute Gasteiger partial charge is 0.481 e. The van der Waals surface area contributed by atoms with Crippen molar-refractivity contribution in [1.29, 1.82) is 0 Å². The Kier molecular flexibility index (Phi) is 25.7. The molecule has 310 valence electrons. The van der Waals surface area contributed by atoms with Gasteiger partial charge in [-0.15, -0.1) is 0 Å². The summed E-state index contributed by atoms with van der Waals surface area (Å²) >= 11 is 0. The lowest BCUT2D eigenvalue weighted by Crippen LogP contribution is -2.49. The minimum Gasteiger partial charge on any atom is -0.481 e. The van der Waals surface area contributed by atoms with Crippen molar-refractivity contribution in [2.75, 3.05) is 65.9 Å². The zero-order valence-electron chi connectivity index (χ0n) is 33.3. The molecule has 0 spiro atoms. The minimum atomic E-state index is -1.64. The molecule has 0 aliphatic heterocycles. The van der Waals surface area contributed by atoms with Crippen LogP contribution in [0.3, 0.4) is 0 Å². The topological polar surface area (TPSA) is 228 Å². The number of ether oxygens (including phenoxy) is 4. The average Bonchev–Trinajstić information content (AvgIpc) is 3.13. The van der Waals surface area contributed by atoms with Gasteiger partial charge in [0.1, 0.15) is 0 Å². The highest BCUT2D eigenvalue weighted by Gasteiger charge is 2.38. The molecule has 0 aromatic rings. The van der Waals surface area contributed by atoms with Crippen LogP contribution in [0.5, 0.6) is 0 Å². The molecule has 0 saturated carbocycles. The highest BCUT2D eigenvalue weighted by molar-refractivity contribution is 5.93. The fourth-order valence-electron chi connectivity index (χ4n) is 5.48. The molecule has 4 amide bonds. The van der Waals surface area contributed by atoms with E-state index in [1.165, 1.54) is 0 Å². The molecule has 0 fully saturated rings. The second kappa shape index (κ2) is 27.7. The van der Waals surface area contributed by atoms with Crippen molar-refractivity contribution in [3.05, 3.63) is 24.3 Å². The van der Waals surface area contributed by atoms with Crippen LogP contribution in [0.15, 0.2) is 24.3 Å². The number of carbonyl (C=O) groups is 6. The van der Waals surface area contributed by atoms with Crippen LogP contribution in [0, 0.1) is 11.8 Å². The summed E-state index contributed by atoms with van der Waals surface area (Å²) < 4.78 is 22.2. The number of rotatable bonds is 33. The van der Waals surface area contributed by atoms with Crippen molar-refractivity contribution in [3.8, 4) is 0 Å². The summed E-state index contributed by atoms with van der Waals surface area (Å²) in [5.74, 6) is -8.04. The summed E-state index contributed by atoms with van der Waals surface area (Å²) in [5.41, 5.74) is -0.259. The number of carboxylic acids is 2. The molecule has 16 nitrogen and oxygen atoms in total. The average molecular weight is 771 g/mol. The molecule has 16 heteroatoms. The Balaban J connectivity index is 4.75. The van der Waals surface area contributed by atoms with Crippen LogP contribution in [0.1, 0.15) is 92.9 Å². The van der Waals surface area contributed by atoms with Gasteiger partial charge in [0.15, 0.2) is 0 Å². The molecule has 0 aromatic heterocycles. The molecule has 0 rings (SSSR count). The third kappa shape index (κ3) is 20.6. The van der Waals surface area contributed by atoms with Crippen LogP contribution in [-0.2, 0) is 47.7 Å². The van der Waals surface area contributed by atoms with Gasteiger partial charge in [-0.1, -0.05) is 40.9 Å². The van der Waals surface area contributed by atoms with Gasteiger partial charge in [0.25, 0.3) is 0 Å². The highest BCUT2D eigenvalue weighted by atomic mass is 16.5. The van der Waals surface area contributed by atoms with Crippen LogP contribution < -0.4 is 21.3 Å². The Hall–Kier alpha value is -3.86. The molecular weight excluding hydrogens is 704 g/mol. The van der Waals surface area contributed by atoms with E-state index in [-0.39, 0.29) is 51.4 Å². The Bertz CT molecular complexity index is 1220. The first-order chi connectivity index (χ1) is 25.5. The summed E-state index contributed by atoms with van der Waals surface area (Å²) in [6, 6.07) is 0. The molecule has 2 unspecified atom stereocenters. The highest BCUT2D eigenvalue weighted by Crippen LogP contribution is 2.25. The maximum Gasteiger partial charge on any atom is 0.307 e. The summed E-state index contributed by atoms with van der Waals surface area (Å²) in [4.78, 5) is 73.6. The first-order valence-electron chi connectivity index (χ1n) is 18.8. The van der Waals surface area contributed by atoms with Gasteiger partial charge in [-0.3, -0.25) is 28.8 Å². The minimum absolute atomic E-state index is 0.0580. The molecule has 2 atom stereocenters. The Morgan fingerprint density at radius 3 is 1.30 bits per heavy atom. The molecule has 6 N–H and O–H groups in total. The van der Waals surface area contributed by atoms with Crippen LogP contribution in [-0.4, -0.2) is 123 Å². The van der Waals surface area contributed by atoms with Crippen LogP contribution >= 0.6 is 0 Å². The third-order valence-corrected chi connectivity index (χ3v) is 9.49. The van der Waals surface area contributed by atoms with E-state index in [9.17, 15) is 39.0 Å². The van der Waals surface area contributed by atoms with Crippen molar-refractivity contribution in [2.45, 2.75) is 104 Å². The number of hydrogen-bond donors (Lipinski definition) is 6. The predicted molar refractivity (Wildman–Crippen MR) is 203 cm³/mol. The van der Waals surface area contributed by atoms with Gasteiger partial charge in [0.2, 0.25) is 23.6 Å². The van der Waals surface area contributed by atoms with Gasteiger partial charge in [0, 0.05) is 61.4 Å². The lowest BCUT2D eigenvalue weighted by atomic mass is 9.85. The lowest BCUT2D eigenvalue weighted by molar-refractivity contribution is -0.156. The van der Waals surface area contributed by atoms with Crippen LogP contribution in [0.2, 0.25) is 0 Å². The molecule has 54 heavy (non-hydrogen) atoms. The maximum absolute atomic E-state index is 13.1. The number of aliphatic carboxylic acids is 2. The normalized spacial score (nSPS) is 12.6. The zero-order valence-corrected chi connectivity index (χ0v) is 33.3. The number of hydrogen-bond acceptors (Lipinski definition) is 10. The van der Waals surface area contributed by atoms with E-state index < -0.39 is 59.5 Å². The number of amides is 4. The van der Waals surface area contributed by atoms with Gasteiger partial charge in [-0.05, 0) is 52.4 Å². The van der Waals surface area contributed by atoms with Gasteiger partial charge >= 0.3 is 11.9 Å². The molecule has 0 heterocycles. The van der Waals surface area contributed by atoms with E-state index in [1.807, 2.05) is 27.7 Å². The van der Waals surface area contributed by atoms with Crippen LogP contribution in [0.4, 0.5) is 0 Å². The molecule has 0 bridgehead atoms. The summed E-state index contributed by atoms with van der Waals surface area (Å²) in [6.07, 6.45) is 2.28. The Morgan fingerprint density at radius 2 is 0.907 bits per heavy atom. The van der Waals surface area contributed by atoms with Gasteiger partial charge in [-0.2, -0.15) is 0 Å². The van der Waals surface area contributed by atoms with E-state index in [4.69, 9.17) is 18.9 Å². The van der Waals surface area contributed by atoms with Gasteiger partial charge < -0.3 is 50.4 Å². The zero-order chi connectivity index (χ0) is 41.2. The van der Waals surface area contributed by atoms with E-state index in [0.29, 0.717) is 63.2 Å². The van der Waals surface area contributed by atoms with E-state index >= 15 is 0 Å². The number of carboxylic acid groups (broad SMARTS) is 2. The second-order valence-corrected chi connectivity index (χ2v) is 13.4. The van der Waals surface area contributed by atoms with Gasteiger partial charge in [-0.25, -0.2) is 0 Å². The van der Waals surface area contributed by atoms with E-state index in [0.717, 1.165) is 12.8 Å². The molecule has 0 radical (unpaired) electrons. The Morgan fingerprint density at radius 1 is 0.537 bits per heavy atom. The monoisotopic (exact) mass is 770 g/mol. The quantitative estimate of drug-likeness (QED) is 0.0418. The fourth-order valence-corrected chi connectivity index (χ4v) is 5.48. The first-order valence-corrected chi connectivity index (χ1v) is 18.8. The van der Waals surface area contributed by atoms with Crippen molar-refractivity contribution >= 4 is 35.6 Å². The summed E-state index contributed by atoms with van der Waals surface area (Å²) in [5, 5.41) is 30.8. The fraction of sp³-hybridized carbons (Fsp3) is 0.737. The molecule has 0 aliphatic carbocycles. The van der Waals surface area contributed by atoms with Crippen molar-refractivity contribution in [2.24, 2.45) is 11.8 Å². The molecule has 0 aliphatic rings. The van der Waals surface area contributed by atoms with Gasteiger partial charge in [0.05, 0.1) is 51.5 Å². The Labute approximate surface area is 320 Å². The third-order valence-electron chi connectivity index (χ3n) is 9.49. The van der Waals surface area contributed by atoms with Crippen molar-refractivity contribution < 1.29 is 57.9 Å². The van der Waals surface area contributed by atoms with Crippen molar-refractivity contribution in [1.82, 2.24) is 21.3 Å².